The number of amides is 2. The number of likely N-dealkylation sites (N-methyl/N-ethyl adjacent to an activating group) is 1. The van der Waals surface area contributed by atoms with Crippen molar-refractivity contribution in [3.05, 3.63) is 35.4 Å². The van der Waals surface area contributed by atoms with E-state index in [9.17, 15) is 9.59 Å². The van der Waals surface area contributed by atoms with Crippen LogP contribution in [0.2, 0.25) is 0 Å². The summed E-state index contributed by atoms with van der Waals surface area (Å²) in [4.78, 5) is 29.3. The number of nitrogens with one attached hydrogen (secondary N) is 1. The van der Waals surface area contributed by atoms with Gasteiger partial charge in [-0.05, 0) is 38.5 Å². The maximum atomic E-state index is 12.4. The maximum absolute atomic E-state index is 12.4. The fraction of sp³-hybridized carbons (Fsp3) is 0.471. The van der Waals surface area contributed by atoms with E-state index in [4.69, 9.17) is 14.8 Å². The van der Waals surface area contributed by atoms with E-state index in [2.05, 4.69) is 5.32 Å². The minimum atomic E-state index is -0.876. The Morgan fingerprint density at radius 3 is 2.58 bits per heavy atom. The molecule has 0 aliphatic carbocycles. The van der Waals surface area contributed by atoms with Gasteiger partial charge in [0.15, 0.2) is 0 Å². The first-order chi connectivity index (χ1) is 11.2. The molecule has 1 aromatic rings. The Hall–Kier alpha value is -2.59. The Labute approximate surface area is 142 Å². The molecule has 0 aliphatic rings. The summed E-state index contributed by atoms with van der Waals surface area (Å²) in [6, 6.07) is 8.01. The summed E-state index contributed by atoms with van der Waals surface area (Å²) in [6.07, 6.45) is -0.483. The van der Waals surface area contributed by atoms with Gasteiger partial charge >= 0.3 is 6.09 Å². The van der Waals surface area contributed by atoms with E-state index in [0.29, 0.717) is 5.56 Å². The Balaban J connectivity index is 2.94. The molecule has 7 nitrogen and oxygen atoms in total. The summed E-state index contributed by atoms with van der Waals surface area (Å²) in [6.45, 7) is 5.21. The molecule has 7 heteroatoms. The monoisotopic (exact) mass is 333 g/mol. The zero-order valence-electron chi connectivity index (χ0n) is 14.6. The third-order valence-corrected chi connectivity index (χ3v) is 3.07. The Morgan fingerprint density at radius 1 is 1.38 bits per heavy atom. The van der Waals surface area contributed by atoms with Gasteiger partial charge in [-0.15, -0.1) is 0 Å². The SMILES string of the molecule is CON(C)C(=O)[C@H](Cc1cccc(C#N)c1)NC(=O)OC(C)(C)C. The van der Waals surface area contributed by atoms with Crippen molar-refractivity contribution in [3.63, 3.8) is 0 Å². The molecule has 0 aliphatic heterocycles. The van der Waals surface area contributed by atoms with Gasteiger partial charge in [0.05, 0.1) is 18.7 Å². The lowest BCUT2D eigenvalue weighted by molar-refractivity contribution is -0.171. The van der Waals surface area contributed by atoms with Crippen LogP contribution < -0.4 is 5.32 Å². The number of nitrogens with zero attached hydrogens (tertiary/aromatic N) is 2. The van der Waals surface area contributed by atoms with Crippen LogP contribution in [0.4, 0.5) is 4.79 Å². The number of carbonyl (C=O) groups is 2. The fourth-order valence-electron chi connectivity index (χ4n) is 1.96. The predicted octanol–water partition coefficient (Wildman–Crippen LogP) is 2.01. The molecule has 0 radical (unpaired) electrons. The van der Waals surface area contributed by atoms with Gasteiger partial charge in [-0.1, -0.05) is 12.1 Å². The number of benzene rings is 1. The number of hydrogen-bond acceptors (Lipinski definition) is 5. The summed E-state index contributed by atoms with van der Waals surface area (Å²) in [7, 11) is 2.82. The molecule has 2 amide bonds. The highest BCUT2D eigenvalue weighted by Crippen LogP contribution is 2.11. The Morgan fingerprint density at radius 2 is 2.04 bits per heavy atom. The summed E-state index contributed by atoms with van der Waals surface area (Å²) >= 11 is 0. The molecule has 0 spiro atoms. The van der Waals surface area contributed by atoms with Crippen molar-refractivity contribution in [2.75, 3.05) is 14.2 Å². The molecule has 0 heterocycles. The van der Waals surface area contributed by atoms with Crippen molar-refractivity contribution in [2.45, 2.75) is 38.8 Å². The molecular formula is C17H23N3O4. The van der Waals surface area contributed by atoms with Gasteiger partial charge in [0.2, 0.25) is 0 Å². The molecule has 130 valence electrons. The van der Waals surface area contributed by atoms with Gasteiger partial charge in [-0.25, -0.2) is 9.86 Å². The second-order valence-electron chi connectivity index (χ2n) is 6.23. The Kier molecular flexibility index (Phi) is 6.74. The second kappa shape index (κ2) is 8.31. The zero-order valence-corrected chi connectivity index (χ0v) is 14.6. The first-order valence-corrected chi connectivity index (χ1v) is 7.46. The molecule has 1 atom stereocenters. The van der Waals surface area contributed by atoms with Crippen LogP contribution >= 0.6 is 0 Å². The first-order valence-electron chi connectivity index (χ1n) is 7.46. The van der Waals surface area contributed by atoms with E-state index >= 15 is 0 Å². The average Bonchev–Trinajstić information content (AvgIpc) is 2.51. The topological polar surface area (TPSA) is 91.7 Å². The standard InChI is InChI=1S/C17H23N3O4/c1-17(2,3)24-16(22)19-14(15(21)20(4)23-5)10-12-7-6-8-13(9-12)11-18/h6-9,14H,10H2,1-5H3,(H,19,22)/t14-/m0/s1. The highest BCUT2D eigenvalue weighted by atomic mass is 16.7. The number of hydroxylamine groups is 2. The van der Waals surface area contributed by atoms with Crippen LogP contribution in [0.5, 0.6) is 0 Å². The maximum Gasteiger partial charge on any atom is 0.408 e. The van der Waals surface area contributed by atoms with Crippen LogP contribution in [0, 0.1) is 11.3 Å². The fourth-order valence-corrected chi connectivity index (χ4v) is 1.96. The molecule has 1 rings (SSSR count). The molecule has 1 N–H and O–H groups in total. The lowest BCUT2D eigenvalue weighted by Gasteiger charge is -2.25. The van der Waals surface area contributed by atoms with Gasteiger partial charge < -0.3 is 10.1 Å². The van der Waals surface area contributed by atoms with Gasteiger partial charge in [-0.2, -0.15) is 5.26 Å². The highest BCUT2D eigenvalue weighted by Gasteiger charge is 2.27. The third kappa shape index (κ3) is 6.26. The number of hydrogen-bond donors (Lipinski definition) is 1. The van der Waals surface area contributed by atoms with Crippen molar-refractivity contribution >= 4 is 12.0 Å². The van der Waals surface area contributed by atoms with Crippen LogP contribution in [-0.2, 0) is 20.8 Å². The van der Waals surface area contributed by atoms with Gasteiger partial charge in [-0.3, -0.25) is 9.63 Å². The first kappa shape index (κ1) is 19.5. The van der Waals surface area contributed by atoms with Gasteiger partial charge in [0, 0.05) is 13.5 Å². The molecule has 0 saturated carbocycles. The lowest BCUT2D eigenvalue weighted by Crippen LogP contribution is -2.49. The normalized spacial score (nSPS) is 12.0. The number of alkyl carbamates (subject to hydrolysis) is 1. The summed E-state index contributed by atoms with van der Waals surface area (Å²) < 4.78 is 5.20. The van der Waals surface area contributed by atoms with Crippen LogP contribution in [-0.4, -0.2) is 42.9 Å². The molecule has 0 saturated heterocycles. The molecule has 0 unspecified atom stereocenters. The second-order valence-corrected chi connectivity index (χ2v) is 6.23. The largest absolute Gasteiger partial charge is 0.444 e. The smallest absolute Gasteiger partial charge is 0.408 e. The van der Waals surface area contributed by atoms with Crippen LogP contribution in [0.1, 0.15) is 31.9 Å². The minimum absolute atomic E-state index is 0.210. The van der Waals surface area contributed by atoms with Crippen LogP contribution in [0.15, 0.2) is 24.3 Å². The van der Waals surface area contributed by atoms with Gasteiger partial charge in [0.25, 0.3) is 5.91 Å². The quantitative estimate of drug-likeness (QED) is 0.832. The molecule has 1 aromatic carbocycles. The highest BCUT2D eigenvalue weighted by molar-refractivity contribution is 5.85. The van der Waals surface area contributed by atoms with Crippen molar-refractivity contribution in [1.82, 2.24) is 10.4 Å². The van der Waals surface area contributed by atoms with Crippen LogP contribution in [0.25, 0.3) is 0 Å². The molecule has 0 fully saturated rings. The molecule has 0 bridgehead atoms. The summed E-state index contributed by atoms with van der Waals surface area (Å²) in [5.41, 5.74) is 0.551. The number of nitriles is 1. The minimum Gasteiger partial charge on any atom is -0.444 e. The van der Waals surface area contributed by atoms with E-state index in [-0.39, 0.29) is 6.42 Å². The lowest BCUT2D eigenvalue weighted by atomic mass is 10.0. The van der Waals surface area contributed by atoms with Gasteiger partial charge in [0.1, 0.15) is 11.6 Å². The summed E-state index contributed by atoms with van der Waals surface area (Å²) in [5.74, 6) is -0.425. The van der Waals surface area contributed by atoms with E-state index in [1.807, 2.05) is 6.07 Å². The molecular weight excluding hydrogens is 310 g/mol. The van der Waals surface area contributed by atoms with Crippen LogP contribution in [0.3, 0.4) is 0 Å². The number of ether oxygens (including phenoxy) is 1. The predicted molar refractivity (Wildman–Crippen MR) is 87.8 cm³/mol. The van der Waals surface area contributed by atoms with Crippen molar-refractivity contribution in [1.29, 1.82) is 5.26 Å². The molecule has 24 heavy (non-hydrogen) atoms. The molecule has 0 aromatic heterocycles. The third-order valence-electron chi connectivity index (χ3n) is 3.07. The zero-order chi connectivity index (χ0) is 18.3. The van der Waals surface area contributed by atoms with E-state index < -0.39 is 23.6 Å². The number of rotatable bonds is 5. The van der Waals surface area contributed by atoms with Crippen molar-refractivity contribution in [3.8, 4) is 6.07 Å². The van der Waals surface area contributed by atoms with E-state index in [1.165, 1.54) is 14.2 Å². The Bertz CT molecular complexity index is 631. The van der Waals surface area contributed by atoms with Crippen molar-refractivity contribution in [2.24, 2.45) is 0 Å². The van der Waals surface area contributed by atoms with Crippen molar-refractivity contribution < 1.29 is 19.2 Å². The van der Waals surface area contributed by atoms with E-state index in [0.717, 1.165) is 10.6 Å². The number of carbonyl (C=O) groups excluding carboxylic acids is 2. The average molecular weight is 333 g/mol. The van der Waals surface area contributed by atoms with E-state index in [1.54, 1.807) is 45.0 Å². The summed E-state index contributed by atoms with van der Waals surface area (Å²) in [5, 5.41) is 12.6.